The van der Waals surface area contributed by atoms with E-state index >= 15 is 0 Å². The number of carbonyl (C=O) groups is 1. The van der Waals surface area contributed by atoms with E-state index < -0.39 is 0 Å². The fraction of sp³-hybridized carbons (Fsp3) is 0.455. The van der Waals surface area contributed by atoms with Crippen molar-refractivity contribution in [2.75, 3.05) is 24.5 Å². The number of hydrogen-bond acceptors (Lipinski definition) is 5. The van der Waals surface area contributed by atoms with Crippen LogP contribution in [-0.4, -0.2) is 56.1 Å². The predicted octanol–water partition coefficient (Wildman–Crippen LogP) is 2.72. The van der Waals surface area contributed by atoms with Crippen LogP contribution in [0.15, 0.2) is 30.6 Å². The van der Waals surface area contributed by atoms with Gasteiger partial charge in [0.25, 0.3) is 5.78 Å². The Morgan fingerprint density at radius 1 is 1.21 bits per heavy atom. The van der Waals surface area contributed by atoms with Gasteiger partial charge in [-0.1, -0.05) is 12.1 Å². The van der Waals surface area contributed by atoms with Crippen LogP contribution in [0.5, 0.6) is 0 Å². The summed E-state index contributed by atoms with van der Waals surface area (Å²) in [7, 11) is 0. The molecule has 152 valence electrons. The van der Waals surface area contributed by atoms with Gasteiger partial charge in [0, 0.05) is 49.2 Å². The Kier molecular flexibility index (Phi) is 5.22. The number of rotatable bonds is 4. The highest BCUT2D eigenvalue weighted by Gasteiger charge is 2.27. The van der Waals surface area contributed by atoms with Gasteiger partial charge in [-0.05, 0) is 57.4 Å². The number of benzene rings is 1. The maximum atomic E-state index is 12.9. The molecule has 1 saturated heterocycles. The van der Waals surface area contributed by atoms with E-state index in [1.165, 1.54) is 17.6 Å². The minimum atomic E-state index is 0.207. The zero-order valence-electron chi connectivity index (χ0n) is 17.6. The first-order valence-corrected chi connectivity index (χ1v) is 10.2. The minimum absolute atomic E-state index is 0.207. The lowest BCUT2D eigenvalue weighted by molar-refractivity contribution is -0.131. The zero-order valence-corrected chi connectivity index (χ0v) is 17.6. The van der Waals surface area contributed by atoms with Crippen molar-refractivity contribution in [1.29, 1.82) is 0 Å². The molecule has 0 bridgehead atoms. The van der Waals surface area contributed by atoms with Crippen LogP contribution < -0.4 is 4.90 Å². The molecule has 0 spiro atoms. The highest BCUT2D eigenvalue weighted by atomic mass is 16.2. The number of anilines is 1. The van der Waals surface area contributed by atoms with E-state index in [9.17, 15) is 4.79 Å². The summed E-state index contributed by atoms with van der Waals surface area (Å²) in [5.41, 5.74) is 5.52. The van der Waals surface area contributed by atoms with Crippen molar-refractivity contribution in [3.8, 4) is 0 Å². The highest BCUT2D eigenvalue weighted by molar-refractivity contribution is 5.77. The van der Waals surface area contributed by atoms with Crippen LogP contribution >= 0.6 is 0 Å². The molecule has 4 rings (SSSR count). The van der Waals surface area contributed by atoms with Gasteiger partial charge in [0.15, 0.2) is 0 Å². The zero-order chi connectivity index (χ0) is 20.5. The molecule has 1 aromatic carbocycles. The monoisotopic (exact) mass is 392 g/mol. The molecular formula is C22H28N6O. The van der Waals surface area contributed by atoms with Crippen LogP contribution in [0.25, 0.3) is 5.78 Å². The molecule has 3 heterocycles. The summed E-state index contributed by atoms with van der Waals surface area (Å²) in [5.74, 6) is 0.814. The van der Waals surface area contributed by atoms with Crippen molar-refractivity contribution in [2.45, 2.75) is 46.6 Å². The topological polar surface area (TPSA) is 66.6 Å². The van der Waals surface area contributed by atoms with Gasteiger partial charge >= 0.3 is 0 Å². The van der Waals surface area contributed by atoms with Gasteiger partial charge in [-0.3, -0.25) is 4.79 Å². The molecule has 29 heavy (non-hydrogen) atoms. The Labute approximate surface area is 171 Å². The second-order valence-corrected chi connectivity index (χ2v) is 7.95. The van der Waals surface area contributed by atoms with Gasteiger partial charge in [0.05, 0.1) is 0 Å². The highest BCUT2D eigenvalue weighted by Crippen LogP contribution is 2.22. The Hall–Kier alpha value is -2.96. The fourth-order valence-electron chi connectivity index (χ4n) is 4.28. The van der Waals surface area contributed by atoms with Crippen LogP contribution in [-0.2, 0) is 11.2 Å². The van der Waals surface area contributed by atoms with Gasteiger partial charge in [-0.15, -0.1) is 0 Å². The smallest absolute Gasteiger partial charge is 0.252 e. The molecule has 1 aliphatic rings. The summed E-state index contributed by atoms with van der Waals surface area (Å²) in [4.78, 5) is 26.0. The molecule has 0 N–H and O–H groups in total. The SMILES string of the molecule is Cc1cccc(N2CCN(C(=O)CCc3c(C)nc4ncnn4c3C)CC2C)c1. The van der Waals surface area contributed by atoms with E-state index in [0.29, 0.717) is 24.7 Å². The molecular weight excluding hydrogens is 364 g/mol. The predicted molar refractivity (Wildman–Crippen MR) is 113 cm³/mol. The maximum Gasteiger partial charge on any atom is 0.252 e. The molecule has 0 aliphatic carbocycles. The van der Waals surface area contributed by atoms with Crippen molar-refractivity contribution in [1.82, 2.24) is 24.5 Å². The average molecular weight is 393 g/mol. The first-order valence-electron chi connectivity index (χ1n) is 10.2. The molecule has 0 radical (unpaired) electrons. The lowest BCUT2D eigenvalue weighted by Gasteiger charge is -2.41. The number of hydrogen-bond donors (Lipinski definition) is 0. The van der Waals surface area contributed by atoms with Gasteiger partial charge in [-0.2, -0.15) is 10.1 Å². The van der Waals surface area contributed by atoms with Crippen LogP contribution in [0.3, 0.4) is 0 Å². The lowest BCUT2D eigenvalue weighted by atomic mass is 10.1. The molecule has 2 aromatic heterocycles. The molecule has 1 fully saturated rings. The Balaban J connectivity index is 1.40. The second kappa shape index (κ2) is 7.81. The van der Waals surface area contributed by atoms with Crippen LogP contribution in [0.2, 0.25) is 0 Å². The Bertz CT molecular complexity index is 1040. The third kappa shape index (κ3) is 3.81. The normalized spacial score (nSPS) is 17.2. The van der Waals surface area contributed by atoms with Crippen LogP contribution in [0, 0.1) is 20.8 Å². The Morgan fingerprint density at radius 3 is 2.79 bits per heavy atom. The quantitative estimate of drug-likeness (QED) is 0.683. The summed E-state index contributed by atoms with van der Waals surface area (Å²) in [6, 6.07) is 8.88. The third-order valence-corrected chi connectivity index (χ3v) is 5.89. The van der Waals surface area contributed by atoms with E-state index in [2.05, 4.69) is 58.1 Å². The van der Waals surface area contributed by atoms with Crippen molar-refractivity contribution in [2.24, 2.45) is 0 Å². The first kappa shape index (κ1) is 19.4. The lowest BCUT2D eigenvalue weighted by Crippen LogP contribution is -2.53. The van der Waals surface area contributed by atoms with Crippen LogP contribution in [0.4, 0.5) is 5.69 Å². The van der Waals surface area contributed by atoms with E-state index in [-0.39, 0.29) is 5.91 Å². The molecule has 1 amide bonds. The number of amides is 1. The van der Waals surface area contributed by atoms with Crippen LogP contribution in [0.1, 0.15) is 35.9 Å². The molecule has 1 atom stereocenters. The number of fused-ring (bicyclic) bond motifs is 1. The van der Waals surface area contributed by atoms with E-state index in [0.717, 1.165) is 36.6 Å². The third-order valence-electron chi connectivity index (χ3n) is 5.89. The Morgan fingerprint density at radius 2 is 2.03 bits per heavy atom. The maximum absolute atomic E-state index is 12.9. The molecule has 7 nitrogen and oxygen atoms in total. The van der Waals surface area contributed by atoms with Crippen molar-refractivity contribution in [3.63, 3.8) is 0 Å². The van der Waals surface area contributed by atoms with E-state index in [1.54, 1.807) is 4.52 Å². The number of aryl methyl sites for hydroxylation is 3. The summed E-state index contributed by atoms with van der Waals surface area (Å²) in [6.45, 7) is 10.7. The van der Waals surface area contributed by atoms with Crippen molar-refractivity contribution >= 4 is 17.4 Å². The largest absolute Gasteiger partial charge is 0.365 e. The van der Waals surface area contributed by atoms with Gasteiger partial charge < -0.3 is 9.80 Å². The van der Waals surface area contributed by atoms with Gasteiger partial charge in [0.1, 0.15) is 6.33 Å². The van der Waals surface area contributed by atoms with Crippen molar-refractivity contribution < 1.29 is 4.79 Å². The summed E-state index contributed by atoms with van der Waals surface area (Å²) >= 11 is 0. The minimum Gasteiger partial charge on any atom is -0.365 e. The standard InChI is InChI=1S/C22H28N6O/c1-15-6-5-7-19(12-15)27-11-10-26(13-16(27)2)21(29)9-8-20-17(3)25-22-23-14-24-28(22)18(20)4/h5-7,12,14,16H,8-11,13H2,1-4H3. The number of piperazine rings is 1. The van der Waals surface area contributed by atoms with E-state index in [1.807, 2.05) is 18.7 Å². The average Bonchev–Trinajstić information content (AvgIpc) is 3.16. The molecule has 1 unspecified atom stereocenters. The molecule has 0 saturated carbocycles. The summed E-state index contributed by atoms with van der Waals surface area (Å²) in [6.07, 6.45) is 2.67. The summed E-state index contributed by atoms with van der Waals surface area (Å²) < 4.78 is 1.75. The van der Waals surface area contributed by atoms with Crippen molar-refractivity contribution in [3.05, 3.63) is 53.1 Å². The molecule has 3 aromatic rings. The number of carbonyl (C=O) groups excluding carboxylic acids is 1. The molecule has 7 heteroatoms. The summed E-state index contributed by atoms with van der Waals surface area (Å²) in [5, 5.41) is 4.23. The van der Waals surface area contributed by atoms with Gasteiger partial charge in [0.2, 0.25) is 5.91 Å². The van der Waals surface area contributed by atoms with Gasteiger partial charge in [-0.25, -0.2) is 9.50 Å². The second-order valence-electron chi connectivity index (χ2n) is 7.95. The fourth-order valence-corrected chi connectivity index (χ4v) is 4.28. The first-order chi connectivity index (χ1) is 13.9. The number of aromatic nitrogens is 4. The number of nitrogens with zero attached hydrogens (tertiary/aromatic N) is 6. The van der Waals surface area contributed by atoms with E-state index in [4.69, 9.17) is 0 Å². The molecule has 1 aliphatic heterocycles.